The minimum atomic E-state index is -0.818. The molecular formula is C45H49N6O3S+. The van der Waals surface area contributed by atoms with Crippen molar-refractivity contribution >= 4 is 50.4 Å². The van der Waals surface area contributed by atoms with Crippen LogP contribution in [-0.4, -0.2) is 67.6 Å². The number of anilines is 2. The molecule has 1 amide bonds. The zero-order valence-electron chi connectivity index (χ0n) is 31.1. The number of fused-ring (bicyclic) bond motifs is 1. The monoisotopic (exact) mass is 753 g/mol. The van der Waals surface area contributed by atoms with E-state index in [4.69, 9.17) is 9.47 Å². The molecule has 282 valence electrons. The molecule has 2 aliphatic rings. The summed E-state index contributed by atoms with van der Waals surface area (Å²) in [7, 11) is -0.818. The molecule has 55 heavy (non-hydrogen) atoms. The van der Waals surface area contributed by atoms with E-state index in [9.17, 15) is 4.79 Å². The molecule has 0 spiro atoms. The van der Waals surface area contributed by atoms with Crippen LogP contribution in [-0.2, 0) is 4.74 Å². The lowest BCUT2D eigenvalue weighted by Crippen LogP contribution is -2.48. The summed E-state index contributed by atoms with van der Waals surface area (Å²) in [4.78, 5) is 23.1. The number of rotatable bonds is 12. The summed E-state index contributed by atoms with van der Waals surface area (Å²) in [5.74, 6) is 5.86. The minimum Gasteiger partial charge on any atom is -0.456 e. The van der Waals surface area contributed by atoms with Crippen molar-refractivity contribution in [2.24, 2.45) is 5.92 Å². The van der Waals surface area contributed by atoms with Gasteiger partial charge >= 0.3 is 0 Å². The predicted octanol–water partition coefficient (Wildman–Crippen LogP) is 7.99. The Hall–Kier alpha value is -5.39. The summed E-state index contributed by atoms with van der Waals surface area (Å²) in [6.07, 6.45) is 4.05. The number of aromatic amines is 1. The maximum atomic E-state index is 14.0. The first-order chi connectivity index (χ1) is 27.0. The second kappa shape index (κ2) is 17.0. The lowest BCUT2D eigenvalue weighted by Gasteiger charge is -2.40. The number of ether oxygens (including phenoxy) is 2. The quantitative estimate of drug-likeness (QED) is 0.0945. The molecule has 1 aromatic heterocycles. The Kier molecular flexibility index (Phi) is 11.3. The maximum Gasteiger partial charge on any atom is 0.264 e. The van der Waals surface area contributed by atoms with E-state index in [1.165, 1.54) is 11.1 Å². The van der Waals surface area contributed by atoms with Gasteiger partial charge in [-0.3, -0.25) is 14.4 Å². The number of benzene rings is 5. The molecule has 2 saturated heterocycles. The fourth-order valence-corrected chi connectivity index (χ4v) is 8.62. The van der Waals surface area contributed by atoms with Gasteiger partial charge in [-0.1, -0.05) is 77.2 Å². The molecule has 6 aromatic rings. The molecule has 0 saturated carbocycles. The summed E-state index contributed by atoms with van der Waals surface area (Å²) < 4.78 is 15.2. The standard InChI is InChI=1S/C45H48N6O3S/c1-55(38-14-17-42(40(46)30-38)48-31-32-19-26-53-27-20-32)49-45(52)39-15-12-36(29-43(39)54-37-13-16-41-35(28-37)18-21-47-41)50-22-24-51(25-23-50)44(33-8-4-2-5-9-33)34-10-6-3-7-11-34/h2-18,21,28-30,32,44,47-48H,1,19-20,22-27,31,46H2,(H,49,52)/p+1. The lowest BCUT2D eigenvalue weighted by atomic mass is 9.96. The third-order valence-corrected chi connectivity index (χ3v) is 12.0. The molecule has 2 fully saturated rings. The van der Waals surface area contributed by atoms with Gasteiger partial charge in [0.1, 0.15) is 11.5 Å². The second-order valence-corrected chi connectivity index (χ2v) is 15.8. The normalized spacial score (nSPS) is 15.9. The number of piperazine rings is 1. The number of nitrogens with one attached hydrogen (secondary N) is 3. The van der Waals surface area contributed by atoms with E-state index in [1.807, 2.05) is 66.9 Å². The van der Waals surface area contributed by atoms with Crippen LogP contribution in [0.25, 0.3) is 10.9 Å². The number of quaternary nitrogens is 1. The second-order valence-electron chi connectivity index (χ2n) is 14.3. The smallest absolute Gasteiger partial charge is 0.264 e. The van der Waals surface area contributed by atoms with E-state index in [0.717, 1.165) is 91.6 Å². The van der Waals surface area contributed by atoms with Gasteiger partial charge < -0.3 is 30.4 Å². The lowest BCUT2D eigenvalue weighted by molar-refractivity contribution is -0.253. The number of hydrogen-bond donors (Lipinski definition) is 4. The Morgan fingerprint density at radius 2 is 1.60 bits per heavy atom. The highest BCUT2D eigenvalue weighted by Gasteiger charge is 2.27. The molecule has 0 aliphatic carbocycles. The van der Waals surface area contributed by atoms with E-state index in [1.54, 1.807) is 0 Å². The number of amides is 1. The Balaban J connectivity index is 0.997. The third-order valence-electron chi connectivity index (χ3n) is 10.7. The molecule has 0 bridgehead atoms. The van der Waals surface area contributed by atoms with Gasteiger partial charge in [-0.2, -0.15) is 0 Å². The Bertz CT molecular complexity index is 2210. The molecule has 3 heterocycles. The van der Waals surface area contributed by atoms with E-state index >= 15 is 0 Å². The van der Waals surface area contributed by atoms with Crippen LogP contribution in [0, 0.1) is 5.92 Å². The molecule has 0 radical (unpaired) electrons. The Labute approximate surface area is 325 Å². The van der Waals surface area contributed by atoms with Gasteiger partial charge in [0, 0.05) is 85.8 Å². The number of hydrogen-bond acceptors (Lipinski definition) is 6. The van der Waals surface area contributed by atoms with Crippen molar-refractivity contribution in [3.8, 4) is 11.5 Å². The van der Waals surface area contributed by atoms with Gasteiger partial charge in [0.05, 0.1) is 17.3 Å². The topological polar surface area (TPSA) is 110 Å². The molecule has 1 atom stereocenters. The van der Waals surface area contributed by atoms with Crippen molar-refractivity contribution in [1.82, 2.24) is 14.6 Å². The molecular weight excluding hydrogens is 705 g/mol. The van der Waals surface area contributed by atoms with Crippen LogP contribution < -0.4 is 25.4 Å². The van der Waals surface area contributed by atoms with E-state index in [-0.39, 0.29) is 11.9 Å². The largest absolute Gasteiger partial charge is 0.456 e. The number of nitrogens with zero attached hydrogens (tertiary/aromatic N) is 2. The van der Waals surface area contributed by atoms with Crippen LogP contribution in [0.2, 0.25) is 0 Å². The molecule has 8 rings (SSSR count). The van der Waals surface area contributed by atoms with Gasteiger partial charge in [0.25, 0.3) is 5.91 Å². The summed E-state index contributed by atoms with van der Waals surface area (Å²) >= 11 is 0. The van der Waals surface area contributed by atoms with E-state index in [0.29, 0.717) is 23.0 Å². The average Bonchev–Trinajstić information content (AvgIpc) is 3.70. The molecule has 5 aromatic carbocycles. The van der Waals surface area contributed by atoms with E-state index in [2.05, 4.69) is 97.1 Å². The first-order valence-electron chi connectivity index (χ1n) is 19.1. The van der Waals surface area contributed by atoms with Gasteiger partial charge in [-0.05, 0) is 78.4 Å². The van der Waals surface area contributed by atoms with Crippen molar-refractivity contribution in [3.05, 3.63) is 144 Å². The Morgan fingerprint density at radius 1 is 0.873 bits per heavy atom. The fraction of sp³-hybridized carbons (Fsp3) is 0.244. The number of carbonyl (C=O) groups excluding carboxylic acids is 1. The van der Waals surface area contributed by atoms with Gasteiger partial charge in [-0.15, -0.1) is 0 Å². The highest BCUT2D eigenvalue weighted by Crippen LogP contribution is 2.35. The maximum absolute atomic E-state index is 14.0. The summed E-state index contributed by atoms with van der Waals surface area (Å²) in [5.41, 5.74) is 11.3. The predicted molar refractivity (Wildman–Crippen MR) is 225 cm³/mol. The number of carbonyl (C=O) groups is 1. The van der Waals surface area contributed by atoms with Gasteiger partial charge in [-0.25, -0.2) is 0 Å². The van der Waals surface area contributed by atoms with Crippen LogP contribution in [0.15, 0.2) is 132 Å². The highest BCUT2D eigenvalue weighted by molar-refractivity contribution is 8.12. The van der Waals surface area contributed by atoms with Crippen molar-refractivity contribution < 1.29 is 20.0 Å². The van der Waals surface area contributed by atoms with Gasteiger partial charge in [0.15, 0.2) is 5.69 Å². The molecule has 9 nitrogen and oxygen atoms in total. The van der Waals surface area contributed by atoms with Crippen LogP contribution in [0.5, 0.6) is 11.5 Å². The van der Waals surface area contributed by atoms with Crippen LogP contribution in [0.4, 0.5) is 17.1 Å². The number of aromatic nitrogens is 1. The summed E-state index contributed by atoms with van der Waals surface area (Å²) in [5, 5.41) is 4.60. The van der Waals surface area contributed by atoms with Crippen LogP contribution >= 0.6 is 10.7 Å². The van der Waals surface area contributed by atoms with Gasteiger partial charge in [0.2, 0.25) is 0 Å². The SMILES string of the molecule is C=S(NC(=O)c1ccc(N2CCN(C(c3ccccc3)c3ccccc3)CC2)cc1Oc1ccc2[nH]ccc2c1)c1ccc(NCC2CCOCC2)c([NH3+])c1. The Morgan fingerprint density at radius 3 is 2.31 bits per heavy atom. The summed E-state index contributed by atoms with van der Waals surface area (Å²) in [6.45, 7) is 6.00. The third kappa shape index (κ3) is 8.63. The molecule has 2 aliphatic heterocycles. The van der Waals surface area contributed by atoms with Crippen molar-refractivity contribution in [2.45, 2.75) is 23.8 Å². The first kappa shape index (κ1) is 36.6. The van der Waals surface area contributed by atoms with Crippen molar-refractivity contribution in [2.75, 3.05) is 56.2 Å². The highest BCUT2D eigenvalue weighted by atomic mass is 32.2. The zero-order valence-corrected chi connectivity index (χ0v) is 31.9. The molecule has 6 N–H and O–H groups in total. The minimum absolute atomic E-state index is 0.179. The number of H-pyrrole nitrogens is 1. The molecule has 10 heteroatoms. The zero-order chi connectivity index (χ0) is 37.6. The molecule has 1 unspecified atom stereocenters. The van der Waals surface area contributed by atoms with Crippen LogP contribution in [0.3, 0.4) is 0 Å². The summed E-state index contributed by atoms with van der Waals surface area (Å²) in [6, 6.07) is 41.6. The van der Waals surface area contributed by atoms with E-state index < -0.39 is 10.7 Å². The van der Waals surface area contributed by atoms with Crippen molar-refractivity contribution in [1.29, 1.82) is 0 Å². The van der Waals surface area contributed by atoms with Crippen molar-refractivity contribution in [3.63, 3.8) is 0 Å². The average molecular weight is 754 g/mol. The first-order valence-corrected chi connectivity index (χ1v) is 20.5. The fourth-order valence-electron chi connectivity index (χ4n) is 7.65. The van der Waals surface area contributed by atoms with Crippen LogP contribution in [0.1, 0.15) is 40.4 Å².